The number of fused-ring (bicyclic) bond motifs is 1. The van der Waals surface area contributed by atoms with Crippen LogP contribution in [0.15, 0.2) is 54.7 Å². The number of rotatable bonds is 8. The van der Waals surface area contributed by atoms with Gasteiger partial charge in [0.05, 0.1) is 10.5 Å². The quantitative estimate of drug-likeness (QED) is 0.585. The van der Waals surface area contributed by atoms with Crippen molar-refractivity contribution in [2.45, 2.75) is 31.9 Å². The molecule has 0 aliphatic rings. The zero-order valence-electron chi connectivity index (χ0n) is 16.5. The summed E-state index contributed by atoms with van der Waals surface area (Å²) in [5, 5.41) is 24.3. The average Bonchev–Trinajstić information content (AvgIpc) is 2.70. The van der Waals surface area contributed by atoms with Gasteiger partial charge in [0.2, 0.25) is 0 Å². The van der Waals surface area contributed by atoms with E-state index in [4.69, 9.17) is 16.3 Å². The Balaban J connectivity index is 1.54. The molecule has 0 unspecified atom stereocenters. The molecule has 29 heavy (non-hydrogen) atoms. The van der Waals surface area contributed by atoms with Gasteiger partial charge < -0.3 is 15.2 Å². The number of nitrogens with one attached hydrogen (secondary N) is 1. The van der Waals surface area contributed by atoms with Gasteiger partial charge in [-0.2, -0.15) is 5.26 Å². The number of aliphatic hydroxyl groups is 1. The Morgan fingerprint density at radius 3 is 2.83 bits per heavy atom. The first kappa shape index (κ1) is 21.1. The monoisotopic (exact) mass is 409 g/mol. The van der Waals surface area contributed by atoms with Gasteiger partial charge in [-0.1, -0.05) is 35.9 Å². The fourth-order valence-corrected chi connectivity index (χ4v) is 3.37. The van der Waals surface area contributed by atoms with E-state index < -0.39 is 6.10 Å². The molecule has 0 aliphatic carbocycles. The molecule has 1 heterocycles. The van der Waals surface area contributed by atoms with Gasteiger partial charge in [0.1, 0.15) is 30.1 Å². The summed E-state index contributed by atoms with van der Waals surface area (Å²) in [4.78, 5) is 4.51. The number of nitrogens with zero attached hydrogens (tertiary/aromatic N) is 2. The molecule has 2 N–H and O–H groups in total. The first-order valence-electron chi connectivity index (χ1n) is 9.46. The SMILES string of the molecule is CC(C)(Cc1cnc2ccccc2c1)NC[C@@H](O)COc1cccc(Cl)c1C#N. The molecule has 0 amide bonds. The molecular formula is C23H24ClN3O2. The van der Waals surface area contributed by atoms with Crippen LogP contribution in [0.2, 0.25) is 5.02 Å². The van der Waals surface area contributed by atoms with Crippen LogP contribution in [0.25, 0.3) is 10.9 Å². The number of aliphatic hydroxyl groups excluding tert-OH is 1. The van der Waals surface area contributed by atoms with Gasteiger partial charge in [-0.15, -0.1) is 0 Å². The van der Waals surface area contributed by atoms with E-state index in [9.17, 15) is 10.4 Å². The van der Waals surface area contributed by atoms with E-state index in [2.05, 4.69) is 36.3 Å². The standard InChI is InChI=1S/C23H24ClN3O2/c1-23(2,11-16-10-17-6-3-4-8-21(17)26-13-16)27-14-18(28)15-29-22-9-5-7-20(24)19(22)12-25/h3-10,13,18,27-28H,11,14-15H2,1-2H3/t18-/m1/s1. The van der Waals surface area contributed by atoms with Crippen LogP contribution in [-0.4, -0.2) is 34.9 Å². The minimum atomic E-state index is -0.727. The third kappa shape index (κ3) is 5.68. The molecule has 0 fully saturated rings. The van der Waals surface area contributed by atoms with Gasteiger partial charge in [0.25, 0.3) is 0 Å². The van der Waals surface area contributed by atoms with E-state index in [1.807, 2.05) is 30.5 Å². The molecule has 0 spiro atoms. The second kappa shape index (κ2) is 9.23. The first-order chi connectivity index (χ1) is 13.9. The van der Waals surface area contributed by atoms with E-state index in [-0.39, 0.29) is 17.7 Å². The van der Waals surface area contributed by atoms with Crippen LogP contribution < -0.4 is 10.1 Å². The van der Waals surface area contributed by atoms with Gasteiger partial charge in [0, 0.05) is 23.7 Å². The number of hydrogen-bond donors (Lipinski definition) is 2. The van der Waals surface area contributed by atoms with E-state index in [1.165, 1.54) is 0 Å². The summed E-state index contributed by atoms with van der Waals surface area (Å²) in [6, 6.07) is 17.2. The van der Waals surface area contributed by atoms with Crippen LogP contribution in [0.3, 0.4) is 0 Å². The van der Waals surface area contributed by atoms with Crippen LogP contribution in [0.1, 0.15) is 25.0 Å². The van der Waals surface area contributed by atoms with Crippen LogP contribution in [0.5, 0.6) is 5.75 Å². The van der Waals surface area contributed by atoms with Gasteiger partial charge in [0.15, 0.2) is 0 Å². The Labute approximate surface area is 175 Å². The summed E-state index contributed by atoms with van der Waals surface area (Å²) in [7, 11) is 0. The maximum absolute atomic E-state index is 10.3. The Morgan fingerprint density at radius 1 is 1.24 bits per heavy atom. The molecule has 0 saturated heterocycles. The van der Waals surface area contributed by atoms with Crippen LogP contribution in [0, 0.1) is 11.3 Å². The van der Waals surface area contributed by atoms with Crippen LogP contribution >= 0.6 is 11.6 Å². The molecule has 3 aromatic rings. The number of pyridine rings is 1. The van der Waals surface area contributed by atoms with Crippen molar-refractivity contribution in [1.82, 2.24) is 10.3 Å². The molecule has 1 aromatic heterocycles. The average molecular weight is 410 g/mol. The Morgan fingerprint density at radius 2 is 2.03 bits per heavy atom. The second-order valence-corrected chi connectivity index (χ2v) is 8.07. The highest BCUT2D eigenvalue weighted by Gasteiger charge is 2.20. The minimum Gasteiger partial charge on any atom is -0.489 e. The molecule has 0 radical (unpaired) electrons. The second-order valence-electron chi connectivity index (χ2n) is 7.67. The predicted molar refractivity (Wildman–Crippen MR) is 115 cm³/mol. The number of nitriles is 1. The third-order valence-electron chi connectivity index (χ3n) is 4.63. The highest BCUT2D eigenvalue weighted by molar-refractivity contribution is 6.31. The van der Waals surface area contributed by atoms with Crippen LogP contribution in [-0.2, 0) is 6.42 Å². The van der Waals surface area contributed by atoms with E-state index in [0.717, 1.165) is 22.9 Å². The first-order valence-corrected chi connectivity index (χ1v) is 9.84. The predicted octanol–water partition coefficient (Wildman–Crippen LogP) is 4.11. The van der Waals surface area contributed by atoms with Crippen molar-refractivity contribution >= 4 is 22.5 Å². The summed E-state index contributed by atoms with van der Waals surface area (Å²) >= 11 is 6.00. The van der Waals surface area contributed by atoms with Crippen LogP contribution in [0.4, 0.5) is 0 Å². The highest BCUT2D eigenvalue weighted by atomic mass is 35.5. The van der Waals surface area contributed by atoms with Crippen molar-refractivity contribution in [3.63, 3.8) is 0 Å². The number of benzene rings is 2. The van der Waals surface area contributed by atoms with Crippen molar-refractivity contribution < 1.29 is 9.84 Å². The molecule has 6 heteroatoms. The van der Waals surface area contributed by atoms with Crippen molar-refractivity contribution in [3.05, 3.63) is 70.9 Å². The van der Waals surface area contributed by atoms with E-state index in [1.54, 1.807) is 18.2 Å². The molecule has 150 valence electrons. The molecule has 5 nitrogen and oxygen atoms in total. The summed E-state index contributed by atoms with van der Waals surface area (Å²) in [5.41, 5.74) is 2.15. The normalized spacial score (nSPS) is 12.5. The van der Waals surface area contributed by atoms with Gasteiger partial charge in [-0.05, 0) is 50.1 Å². The molecule has 0 aliphatic heterocycles. The largest absolute Gasteiger partial charge is 0.489 e. The van der Waals surface area contributed by atoms with Crippen molar-refractivity contribution in [2.75, 3.05) is 13.2 Å². The van der Waals surface area contributed by atoms with Gasteiger partial charge in [-0.3, -0.25) is 4.98 Å². The zero-order chi connectivity index (χ0) is 20.9. The van der Waals surface area contributed by atoms with E-state index >= 15 is 0 Å². The number of β-amino-alcohol motifs (C(OH)–C–C–N with tert-alkyl or cyclic N) is 1. The van der Waals surface area contributed by atoms with Gasteiger partial charge >= 0.3 is 0 Å². The molecule has 2 aromatic carbocycles. The summed E-state index contributed by atoms with van der Waals surface area (Å²) in [5.74, 6) is 0.376. The maximum Gasteiger partial charge on any atom is 0.138 e. The Bertz CT molecular complexity index is 1030. The molecular weight excluding hydrogens is 386 g/mol. The third-order valence-corrected chi connectivity index (χ3v) is 4.94. The number of ether oxygens (including phenoxy) is 1. The lowest BCUT2D eigenvalue weighted by molar-refractivity contribution is 0.0987. The molecule has 0 saturated carbocycles. The molecule has 3 rings (SSSR count). The topological polar surface area (TPSA) is 78.2 Å². The maximum atomic E-state index is 10.3. The van der Waals surface area contributed by atoms with Gasteiger partial charge in [-0.25, -0.2) is 0 Å². The van der Waals surface area contributed by atoms with Crippen molar-refractivity contribution in [2.24, 2.45) is 0 Å². The van der Waals surface area contributed by atoms with Crippen molar-refractivity contribution in [3.8, 4) is 11.8 Å². The lowest BCUT2D eigenvalue weighted by Crippen LogP contribution is -2.46. The summed E-state index contributed by atoms with van der Waals surface area (Å²) in [6.45, 7) is 4.59. The fourth-order valence-electron chi connectivity index (χ4n) is 3.16. The zero-order valence-corrected chi connectivity index (χ0v) is 17.3. The summed E-state index contributed by atoms with van der Waals surface area (Å²) in [6.07, 6.45) is 1.94. The molecule has 0 bridgehead atoms. The number of aromatic nitrogens is 1. The highest BCUT2D eigenvalue weighted by Crippen LogP contribution is 2.25. The molecule has 1 atom stereocenters. The smallest absolute Gasteiger partial charge is 0.138 e. The number of hydrogen-bond acceptors (Lipinski definition) is 5. The fraction of sp³-hybridized carbons (Fsp3) is 0.304. The minimum absolute atomic E-state index is 0.0651. The lowest BCUT2D eigenvalue weighted by atomic mass is 9.95. The number of para-hydroxylation sites is 1. The van der Waals surface area contributed by atoms with E-state index in [0.29, 0.717) is 17.3 Å². The summed E-state index contributed by atoms with van der Waals surface area (Å²) < 4.78 is 5.60. The van der Waals surface area contributed by atoms with Crippen molar-refractivity contribution in [1.29, 1.82) is 5.26 Å². The number of halogens is 1. The lowest BCUT2D eigenvalue weighted by Gasteiger charge is -2.28. The Kier molecular flexibility index (Phi) is 6.71. The Hall–Kier alpha value is -2.65.